The standard InChI is InChI=1S/C16H22N6O3/c1-8(2)7-17-14(24)15(25)19-12-6-9(3)21-22(12)16-18-11(5)10(4)13(23)20-16/h6,8H,7H2,1-5H3,(H,17,24)(H,19,25)(H,18,20,23). The van der Waals surface area contributed by atoms with Crippen molar-refractivity contribution in [1.82, 2.24) is 25.1 Å². The molecule has 25 heavy (non-hydrogen) atoms. The van der Waals surface area contributed by atoms with Gasteiger partial charge in [0.1, 0.15) is 5.82 Å². The molecule has 2 amide bonds. The molecule has 2 aromatic heterocycles. The van der Waals surface area contributed by atoms with E-state index in [0.29, 0.717) is 23.5 Å². The van der Waals surface area contributed by atoms with Crippen LogP contribution in [0, 0.1) is 26.7 Å². The van der Waals surface area contributed by atoms with Crippen LogP contribution in [0.1, 0.15) is 30.8 Å². The second-order valence-electron chi connectivity index (χ2n) is 6.24. The van der Waals surface area contributed by atoms with Crippen molar-refractivity contribution in [2.24, 2.45) is 5.92 Å². The normalized spacial score (nSPS) is 10.8. The molecule has 0 spiro atoms. The van der Waals surface area contributed by atoms with E-state index in [-0.39, 0.29) is 23.2 Å². The summed E-state index contributed by atoms with van der Waals surface area (Å²) >= 11 is 0. The highest BCUT2D eigenvalue weighted by molar-refractivity contribution is 6.39. The summed E-state index contributed by atoms with van der Waals surface area (Å²) in [5, 5.41) is 9.25. The van der Waals surface area contributed by atoms with E-state index in [2.05, 4.69) is 25.7 Å². The number of carbonyl (C=O) groups is 2. The number of nitrogens with zero attached hydrogens (tertiary/aromatic N) is 3. The van der Waals surface area contributed by atoms with E-state index in [4.69, 9.17) is 0 Å². The van der Waals surface area contributed by atoms with Crippen LogP contribution < -0.4 is 16.2 Å². The zero-order valence-corrected chi connectivity index (χ0v) is 14.9. The van der Waals surface area contributed by atoms with Gasteiger partial charge in [-0.05, 0) is 26.7 Å². The third-order valence-electron chi connectivity index (χ3n) is 3.53. The van der Waals surface area contributed by atoms with Crippen molar-refractivity contribution in [3.8, 4) is 5.95 Å². The van der Waals surface area contributed by atoms with E-state index in [1.807, 2.05) is 13.8 Å². The summed E-state index contributed by atoms with van der Waals surface area (Å²) in [5.74, 6) is -0.907. The number of amides is 2. The van der Waals surface area contributed by atoms with Crippen LogP contribution in [-0.4, -0.2) is 38.1 Å². The highest BCUT2D eigenvalue weighted by Gasteiger charge is 2.18. The average molecular weight is 346 g/mol. The Kier molecular flexibility index (Phi) is 5.35. The summed E-state index contributed by atoms with van der Waals surface area (Å²) in [5.41, 5.74) is 1.37. The fraction of sp³-hybridized carbons (Fsp3) is 0.438. The Morgan fingerprint density at radius 2 is 1.92 bits per heavy atom. The number of hydrogen-bond acceptors (Lipinski definition) is 5. The molecule has 0 unspecified atom stereocenters. The molecule has 2 rings (SSSR count). The lowest BCUT2D eigenvalue weighted by atomic mass is 10.2. The summed E-state index contributed by atoms with van der Waals surface area (Å²) < 4.78 is 1.29. The molecule has 9 heteroatoms. The number of aryl methyl sites for hydroxylation is 2. The molecule has 0 aromatic carbocycles. The number of nitrogens with one attached hydrogen (secondary N) is 3. The van der Waals surface area contributed by atoms with Crippen LogP contribution in [0.3, 0.4) is 0 Å². The third kappa shape index (κ3) is 4.31. The predicted octanol–water partition coefficient (Wildman–Crippen LogP) is 0.592. The molecule has 2 aromatic rings. The summed E-state index contributed by atoms with van der Waals surface area (Å²) in [7, 11) is 0. The lowest BCUT2D eigenvalue weighted by Crippen LogP contribution is -2.37. The first kappa shape index (κ1) is 18.4. The molecular weight excluding hydrogens is 324 g/mol. The monoisotopic (exact) mass is 346 g/mol. The quantitative estimate of drug-likeness (QED) is 0.700. The highest BCUT2D eigenvalue weighted by Crippen LogP contribution is 2.14. The Labute approximate surface area is 144 Å². The van der Waals surface area contributed by atoms with Gasteiger partial charge >= 0.3 is 11.8 Å². The lowest BCUT2D eigenvalue weighted by Gasteiger charge is -2.10. The van der Waals surface area contributed by atoms with Crippen molar-refractivity contribution in [3.63, 3.8) is 0 Å². The molecule has 134 valence electrons. The smallest absolute Gasteiger partial charge is 0.314 e. The van der Waals surface area contributed by atoms with E-state index in [9.17, 15) is 14.4 Å². The zero-order chi connectivity index (χ0) is 18.7. The predicted molar refractivity (Wildman–Crippen MR) is 92.7 cm³/mol. The first-order valence-electron chi connectivity index (χ1n) is 7.92. The van der Waals surface area contributed by atoms with E-state index < -0.39 is 11.8 Å². The number of aromatic amines is 1. The Hall–Kier alpha value is -2.97. The fourth-order valence-electron chi connectivity index (χ4n) is 2.03. The number of H-pyrrole nitrogens is 1. The van der Waals surface area contributed by atoms with E-state index in [1.165, 1.54) is 4.68 Å². The van der Waals surface area contributed by atoms with Crippen LogP contribution in [0.2, 0.25) is 0 Å². The van der Waals surface area contributed by atoms with Gasteiger partial charge in [0.2, 0.25) is 5.95 Å². The second kappa shape index (κ2) is 7.29. The first-order valence-corrected chi connectivity index (χ1v) is 7.92. The number of anilines is 1. The molecule has 0 aliphatic heterocycles. The SMILES string of the molecule is Cc1cc(NC(=O)C(=O)NCC(C)C)n(-c2nc(C)c(C)c(=O)[nH]2)n1. The minimum Gasteiger partial charge on any atom is -0.348 e. The Morgan fingerprint density at radius 1 is 1.24 bits per heavy atom. The zero-order valence-electron chi connectivity index (χ0n) is 14.9. The van der Waals surface area contributed by atoms with Gasteiger partial charge in [-0.3, -0.25) is 19.4 Å². The number of carbonyl (C=O) groups excluding carboxylic acids is 2. The molecule has 0 aliphatic carbocycles. The summed E-state index contributed by atoms with van der Waals surface area (Å²) in [6, 6.07) is 1.59. The Balaban J connectivity index is 2.28. The van der Waals surface area contributed by atoms with Crippen LogP contribution in [0.25, 0.3) is 5.95 Å². The Morgan fingerprint density at radius 3 is 2.52 bits per heavy atom. The van der Waals surface area contributed by atoms with Gasteiger partial charge in [0.15, 0.2) is 0 Å². The largest absolute Gasteiger partial charge is 0.348 e. The summed E-state index contributed by atoms with van der Waals surface area (Å²) in [6.45, 7) is 9.36. The van der Waals surface area contributed by atoms with Crippen LogP contribution in [0.15, 0.2) is 10.9 Å². The van der Waals surface area contributed by atoms with Gasteiger partial charge in [0, 0.05) is 23.9 Å². The number of rotatable bonds is 4. The van der Waals surface area contributed by atoms with Crippen molar-refractivity contribution >= 4 is 17.6 Å². The van der Waals surface area contributed by atoms with E-state index in [0.717, 1.165) is 0 Å². The molecule has 0 fully saturated rings. The van der Waals surface area contributed by atoms with Crippen LogP contribution in [0.5, 0.6) is 0 Å². The van der Waals surface area contributed by atoms with Crippen LogP contribution >= 0.6 is 0 Å². The molecular formula is C16H22N6O3. The van der Waals surface area contributed by atoms with E-state index in [1.54, 1.807) is 26.8 Å². The van der Waals surface area contributed by atoms with Crippen molar-refractivity contribution in [2.45, 2.75) is 34.6 Å². The Bertz CT molecular complexity index is 865. The maximum absolute atomic E-state index is 12.0. The molecule has 0 atom stereocenters. The fourth-order valence-corrected chi connectivity index (χ4v) is 2.03. The van der Waals surface area contributed by atoms with Crippen LogP contribution in [0.4, 0.5) is 5.82 Å². The van der Waals surface area contributed by atoms with Crippen molar-refractivity contribution < 1.29 is 9.59 Å². The average Bonchev–Trinajstić information content (AvgIpc) is 2.90. The van der Waals surface area contributed by atoms with Gasteiger partial charge in [-0.2, -0.15) is 9.78 Å². The third-order valence-corrected chi connectivity index (χ3v) is 3.53. The van der Waals surface area contributed by atoms with Gasteiger partial charge in [0.25, 0.3) is 5.56 Å². The highest BCUT2D eigenvalue weighted by atomic mass is 16.2. The van der Waals surface area contributed by atoms with Gasteiger partial charge in [-0.1, -0.05) is 13.8 Å². The summed E-state index contributed by atoms with van der Waals surface area (Å²) in [4.78, 5) is 42.7. The molecule has 0 saturated carbocycles. The number of aromatic nitrogens is 4. The minimum atomic E-state index is -0.812. The molecule has 3 N–H and O–H groups in total. The van der Waals surface area contributed by atoms with Gasteiger partial charge in [-0.15, -0.1) is 0 Å². The van der Waals surface area contributed by atoms with Gasteiger partial charge < -0.3 is 10.6 Å². The molecule has 0 saturated heterocycles. The maximum atomic E-state index is 12.0. The maximum Gasteiger partial charge on any atom is 0.314 e. The minimum absolute atomic E-state index is 0.166. The number of hydrogen-bond donors (Lipinski definition) is 3. The molecule has 0 bridgehead atoms. The van der Waals surface area contributed by atoms with Crippen molar-refractivity contribution in [3.05, 3.63) is 33.4 Å². The van der Waals surface area contributed by atoms with Gasteiger partial charge in [-0.25, -0.2) is 4.98 Å². The topological polar surface area (TPSA) is 122 Å². The van der Waals surface area contributed by atoms with Gasteiger partial charge in [0.05, 0.1) is 5.69 Å². The van der Waals surface area contributed by atoms with Crippen LogP contribution in [-0.2, 0) is 9.59 Å². The first-order chi connectivity index (χ1) is 11.7. The van der Waals surface area contributed by atoms with Crippen molar-refractivity contribution in [2.75, 3.05) is 11.9 Å². The molecule has 2 heterocycles. The summed E-state index contributed by atoms with van der Waals surface area (Å²) in [6.07, 6.45) is 0. The molecule has 0 aliphatic rings. The molecule has 0 radical (unpaired) electrons. The molecule has 9 nitrogen and oxygen atoms in total. The van der Waals surface area contributed by atoms with E-state index >= 15 is 0 Å². The second-order valence-corrected chi connectivity index (χ2v) is 6.24. The van der Waals surface area contributed by atoms with Crippen molar-refractivity contribution in [1.29, 1.82) is 0 Å². The lowest BCUT2D eigenvalue weighted by molar-refractivity contribution is -0.136.